The normalized spacial score (nSPS) is 16.8. The van der Waals surface area contributed by atoms with Gasteiger partial charge in [-0.2, -0.15) is 0 Å². The SMILES string of the molecule is COCCN1C(=O)C(=O)/C(=C(\O)c2ccc(OC(C)C)cc2)C1c1ccc(OCc2ccc(C)cc2)cc1. The number of likely N-dealkylation sites (tertiary alicyclic amines) is 1. The number of hydrogen-bond donors (Lipinski definition) is 1. The fraction of sp³-hybridized carbons (Fsp3) is 0.290. The van der Waals surface area contributed by atoms with Crippen LogP contribution >= 0.6 is 0 Å². The van der Waals surface area contributed by atoms with Crippen LogP contribution in [0.5, 0.6) is 11.5 Å². The first kappa shape index (κ1) is 26.9. The van der Waals surface area contributed by atoms with E-state index in [4.69, 9.17) is 14.2 Å². The van der Waals surface area contributed by atoms with Crippen molar-refractivity contribution in [3.63, 3.8) is 0 Å². The van der Waals surface area contributed by atoms with Gasteiger partial charge in [0.05, 0.1) is 24.3 Å². The number of carbonyl (C=O) groups excluding carboxylic acids is 2. The van der Waals surface area contributed by atoms with E-state index in [0.29, 0.717) is 29.2 Å². The number of Topliss-reactive ketones (excluding diaryl/α,β-unsaturated/α-hetero) is 1. The maximum absolute atomic E-state index is 13.1. The highest BCUT2D eigenvalue weighted by molar-refractivity contribution is 6.46. The van der Waals surface area contributed by atoms with Crippen LogP contribution in [0.1, 0.15) is 42.1 Å². The van der Waals surface area contributed by atoms with Crippen LogP contribution in [-0.4, -0.2) is 48.1 Å². The minimum Gasteiger partial charge on any atom is -0.507 e. The maximum Gasteiger partial charge on any atom is 0.295 e. The summed E-state index contributed by atoms with van der Waals surface area (Å²) in [6, 6.07) is 21.4. The third-order valence-electron chi connectivity index (χ3n) is 6.30. The zero-order valence-electron chi connectivity index (χ0n) is 22.1. The molecule has 1 unspecified atom stereocenters. The summed E-state index contributed by atoms with van der Waals surface area (Å²) in [4.78, 5) is 27.6. The van der Waals surface area contributed by atoms with Gasteiger partial charge in [0.1, 0.15) is 23.9 Å². The lowest BCUT2D eigenvalue weighted by atomic mass is 9.95. The Kier molecular flexibility index (Phi) is 8.48. The molecule has 0 bridgehead atoms. The van der Waals surface area contributed by atoms with Gasteiger partial charge in [-0.3, -0.25) is 9.59 Å². The fourth-order valence-electron chi connectivity index (χ4n) is 4.36. The van der Waals surface area contributed by atoms with Gasteiger partial charge in [-0.1, -0.05) is 42.0 Å². The van der Waals surface area contributed by atoms with Crippen molar-refractivity contribution in [3.8, 4) is 11.5 Å². The number of ether oxygens (including phenoxy) is 3. The standard InChI is InChI=1S/C31H33NO6/c1-20(2)38-26-15-11-24(12-16-26)29(33)27-28(32(17-18-36-4)31(35)30(27)34)23-9-13-25(14-10-23)37-19-22-7-5-21(3)6-8-22/h5-16,20,28,33H,17-19H2,1-4H3/b29-27-. The van der Waals surface area contributed by atoms with Crippen LogP contribution < -0.4 is 9.47 Å². The van der Waals surface area contributed by atoms with Gasteiger partial charge < -0.3 is 24.2 Å². The number of amides is 1. The summed E-state index contributed by atoms with van der Waals surface area (Å²) < 4.78 is 16.8. The Hall–Kier alpha value is -4.10. The Bertz CT molecular complexity index is 1290. The van der Waals surface area contributed by atoms with Gasteiger partial charge in [-0.25, -0.2) is 0 Å². The molecule has 0 radical (unpaired) electrons. The van der Waals surface area contributed by atoms with Gasteiger partial charge in [0.2, 0.25) is 0 Å². The third-order valence-corrected chi connectivity index (χ3v) is 6.30. The topological polar surface area (TPSA) is 85.3 Å². The smallest absolute Gasteiger partial charge is 0.295 e. The van der Waals surface area contributed by atoms with Crippen molar-refractivity contribution in [1.29, 1.82) is 0 Å². The molecule has 0 aliphatic carbocycles. The van der Waals surface area contributed by atoms with Crippen molar-refractivity contribution < 1.29 is 28.9 Å². The number of hydrogen-bond acceptors (Lipinski definition) is 6. The molecule has 1 aliphatic heterocycles. The lowest BCUT2D eigenvalue weighted by molar-refractivity contribution is -0.140. The predicted molar refractivity (Wildman–Crippen MR) is 145 cm³/mol. The van der Waals surface area contributed by atoms with Crippen molar-refractivity contribution in [2.24, 2.45) is 0 Å². The number of carbonyl (C=O) groups is 2. The minimum absolute atomic E-state index is 0.00407. The molecule has 198 valence electrons. The Morgan fingerprint density at radius 3 is 2.16 bits per heavy atom. The molecular weight excluding hydrogens is 482 g/mol. The van der Waals surface area contributed by atoms with Gasteiger partial charge >= 0.3 is 0 Å². The number of nitrogens with zero attached hydrogens (tertiary/aromatic N) is 1. The number of benzene rings is 3. The molecule has 7 nitrogen and oxygen atoms in total. The van der Waals surface area contributed by atoms with Crippen molar-refractivity contribution >= 4 is 17.4 Å². The second kappa shape index (κ2) is 12.0. The number of aliphatic hydroxyl groups excluding tert-OH is 1. The Balaban J connectivity index is 1.64. The molecule has 1 saturated heterocycles. The van der Waals surface area contributed by atoms with E-state index in [2.05, 4.69) is 0 Å². The highest BCUT2D eigenvalue weighted by Crippen LogP contribution is 2.40. The van der Waals surface area contributed by atoms with Crippen molar-refractivity contribution in [2.75, 3.05) is 20.3 Å². The van der Waals surface area contributed by atoms with Gasteiger partial charge in [0, 0.05) is 19.2 Å². The molecular formula is C31H33NO6. The summed E-state index contributed by atoms with van der Waals surface area (Å²) in [5.41, 5.74) is 3.39. The summed E-state index contributed by atoms with van der Waals surface area (Å²) in [6.07, 6.45) is 0.00407. The molecule has 0 aromatic heterocycles. The number of ketones is 1. The average molecular weight is 516 g/mol. The van der Waals surface area contributed by atoms with E-state index in [0.717, 1.165) is 5.56 Å². The number of aryl methyl sites for hydroxylation is 1. The Labute approximate surface area is 223 Å². The van der Waals surface area contributed by atoms with Crippen LogP contribution in [0.3, 0.4) is 0 Å². The zero-order valence-corrected chi connectivity index (χ0v) is 22.1. The fourth-order valence-corrected chi connectivity index (χ4v) is 4.36. The first-order valence-electron chi connectivity index (χ1n) is 12.6. The second-order valence-electron chi connectivity index (χ2n) is 9.52. The molecule has 3 aromatic rings. The number of aliphatic hydroxyl groups is 1. The summed E-state index contributed by atoms with van der Waals surface area (Å²) in [7, 11) is 1.53. The number of rotatable bonds is 10. The van der Waals surface area contributed by atoms with E-state index in [-0.39, 0.29) is 30.6 Å². The molecule has 1 fully saturated rings. The maximum atomic E-state index is 13.1. The molecule has 1 atom stereocenters. The Morgan fingerprint density at radius 2 is 1.55 bits per heavy atom. The minimum atomic E-state index is -0.761. The summed E-state index contributed by atoms with van der Waals surface area (Å²) >= 11 is 0. The quantitative estimate of drug-likeness (QED) is 0.220. The average Bonchev–Trinajstić information content (AvgIpc) is 3.16. The molecule has 0 saturated carbocycles. The highest BCUT2D eigenvalue weighted by atomic mass is 16.5. The van der Waals surface area contributed by atoms with Crippen LogP contribution in [-0.2, 0) is 20.9 Å². The first-order valence-corrected chi connectivity index (χ1v) is 12.6. The molecule has 1 heterocycles. The molecule has 1 N–H and O–H groups in total. The summed E-state index contributed by atoms with van der Waals surface area (Å²) in [6.45, 7) is 6.76. The van der Waals surface area contributed by atoms with Crippen LogP contribution in [0.4, 0.5) is 0 Å². The first-order chi connectivity index (χ1) is 18.3. The van der Waals surface area contributed by atoms with Gasteiger partial charge in [-0.15, -0.1) is 0 Å². The summed E-state index contributed by atoms with van der Waals surface area (Å²) in [5.74, 6) is -0.332. The van der Waals surface area contributed by atoms with Crippen molar-refractivity contribution in [2.45, 2.75) is 39.5 Å². The number of methoxy groups -OCH3 is 1. The van der Waals surface area contributed by atoms with Gasteiger partial charge in [0.15, 0.2) is 0 Å². The largest absolute Gasteiger partial charge is 0.507 e. The van der Waals surface area contributed by atoms with Crippen LogP contribution in [0.2, 0.25) is 0 Å². The van der Waals surface area contributed by atoms with Crippen molar-refractivity contribution in [1.82, 2.24) is 4.90 Å². The van der Waals surface area contributed by atoms with E-state index in [1.54, 1.807) is 36.4 Å². The molecule has 3 aromatic carbocycles. The van der Waals surface area contributed by atoms with E-state index >= 15 is 0 Å². The van der Waals surface area contributed by atoms with Crippen LogP contribution in [0, 0.1) is 6.92 Å². The lowest BCUT2D eigenvalue weighted by Gasteiger charge is -2.25. The van der Waals surface area contributed by atoms with E-state index in [1.165, 1.54) is 17.6 Å². The predicted octanol–water partition coefficient (Wildman–Crippen LogP) is 5.43. The molecule has 1 aliphatic rings. The molecule has 1 amide bonds. The van der Waals surface area contributed by atoms with Crippen LogP contribution in [0.25, 0.3) is 5.76 Å². The summed E-state index contributed by atoms with van der Waals surface area (Å²) in [5, 5.41) is 11.2. The van der Waals surface area contributed by atoms with Crippen LogP contribution in [0.15, 0.2) is 78.4 Å². The van der Waals surface area contributed by atoms with Gasteiger partial charge in [0.25, 0.3) is 11.7 Å². The van der Waals surface area contributed by atoms with Crippen molar-refractivity contribution in [3.05, 3.63) is 101 Å². The highest BCUT2D eigenvalue weighted by Gasteiger charge is 2.45. The molecule has 38 heavy (non-hydrogen) atoms. The van der Waals surface area contributed by atoms with E-state index in [1.807, 2.05) is 57.2 Å². The van der Waals surface area contributed by atoms with E-state index < -0.39 is 17.7 Å². The van der Waals surface area contributed by atoms with E-state index in [9.17, 15) is 14.7 Å². The monoisotopic (exact) mass is 515 g/mol. The van der Waals surface area contributed by atoms with Gasteiger partial charge in [-0.05, 0) is 68.3 Å². The zero-order chi connectivity index (χ0) is 27.2. The Morgan fingerprint density at radius 1 is 0.921 bits per heavy atom. The molecule has 4 rings (SSSR count). The molecule has 7 heteroatoms. The molecule has 0 spiro atoms. The second-order valence-corrected chi connectivity index (χ2v) is 9.52. The third kappa shape index (κ3) is 6.06. The lowest BCUT2D eigenvalue weighted by Crippen LogP contribution is -2.32.